The number of hydrogen-bond acceptors (Lipinski definition) is 2. The van der Waals surface area contributed by atoms with Gasteiger partial charge in [0.25, 0.3) is 0 Å². The first kappa shape index (κ1) is 21.6. The molecule has 1 saturated heterocycles. The first-order valence-corrected chi connectivity index (χ1v) is 12.7. The minimum absolute atomic E-state index is 0.268. The van der Waals surface area contributed by atoms with Crippen LogP contribution in [0, 0.1) is 41.4 Å². The predicted octanol–water partition coefficient (Wildman–Crippen LogP) is 6.51. The number of hydrogen-bond donors (Lipinski definition) is 0. The van der Waals surface area contributed by atoms with Gasteiger partial charge in [0.1, 0.15) is 5.75 Å². The van der Waals surface area contributed by atoms with Crippen molar-refractivity contribution in [2.75, 3.05) is 7.05 Å². The number of halogens is 1. The summed E-state index contributed by atoms with van der Waals surface area (Å²) in [7, 11) is 2.05. The summed E-state index contributed by atoms with van der Waals surface area (Å²) in [5, 5.41) is 0.787. The van der Waals surface area contributed by atoms with Gasteiger partial charge in [-0.3, -0.25) is 4.79 Å². The molecule has 0 spiro atoms. The van der Waals surface area contributed by atoms with Gasteiger partial charge in [-0.2, -0.15) is 0 Å². The molecule has 1 aliphatic heterocycles. The molecule has 5 rings (SSSR count). The first-order valence-electron chi connectivity index (χ1n) is 12.3. The topological polar surface area (TPSA) is 29.5 Å². The highest BCUT2D eigenvalue weighted by atomic mass is 35.5. The van der Waals surface area contributed by atoms with Crippen LogP contribution in [0.25, 0.3) is 0 Å². The van der Waals surface area contributed by atoms with E-state index in [1.807, 2.05) is 13.0 Å². The van der Waals surface area contributed by atoms with Crippen LogP contribution in [0.1, 0.15) is 71.3 Å². The highest BCUT2D eigenvalue weighted by molar-refractivity contribution is 6.31. The summed E-state index contributed by atoms with van der Waals surface area (Å²) in [5.74, 6) is 4.11. The Hall–Kier alpha value is -1.22. The molecular formula is C27H38ClNO2. The molecule has 0 aromatic heterocycles. The lowest BCUT2D eigenvalue weighted by Crippen LogP contribution is -2.62. The molecule has 1 aromatic carbocycles. The number of rotatable bonds is 2. The Bertz CT molecular complexity index is 886. The van der Waals surface area contributed by atoms with Gasteiger partial charge in [0, 0.05) is 24.5 Å². The summed E-state index contributed by atoms with van der Waals surface area (Å²) in [6, 6.07) is 6.52. The quantitative estimate of drug-likeness (QED) is 0.521. The molecule has 1 aromatic rings. The zero-order chi connectivity index (χ0) is 22.1. The summed E-state index contributed by atoms with van der Waals surface area (Å²) in [4.78, 5) is 14.6. The summed E-state index contributed by atoms with van der Waals surface area (Å²) >= 11 is 6.35. The third-order valence-corrected chi connectivity index (χ3v) is 10.5. The zero-order valence-corrected chi connectivity index (χ0v) is 20.5. The average molecular weight is 444 g/mol. The minimum Gasteiger partial charge on any atom is -0.490 e. The first-order chi connectivity index (χ1) is 14.6. The number of amides is 1. The lowest BCUT2D eigenvalue weighted by molar-refractivity contribution is -0.164. The van der Waals surface area contributed by atoms with Gasteiger partial charge in [0.05, 0.1) is 6.10 Å². The zero-order valence-electron chi connectivity index (χ0n) is 19.8. The van der Waals surface area contributed by atoms with Crippen LogP contribution in [0.2, 0.25) is 5.02 Å². The second-order valence-electron chi connectivity index (χ2n) is 11.8. The van der Waals surface area contributed by atoms with E-state index < -0.39 is 0 Å². The van der Waals surface area contributed by atoms with Crippen LogP contribution < -0.4 is 4.74 Å². The van der Waals surface area contributed by atoms with Crippen molar-refractivity contribution in [3.8, 4) is 5.75 Å². The second-order valence-corrected chi connectivity index (χ2v) is 12.2. The van der Waals surface area contributed by atoms with Crippen LogP contribution >= 0.6 is 11.6 Å². The fourth-order valence-corrected chi connectivity index (χ4v) is 8.56. The maximum atomic E-state index is 12.5. The maximum absolute atomic E-state index is 12.5. The van der Waals surface area contributed by atoms with Gasteiger partial charge in [0.15, 0.2) is 0 Å². The van der Waals surface area contributed by atoms with Crippen LogP contribution in [0.4, 0.5) is 0 Å². The van der Waals surface area contributed by atoms with Gasteiger partial charge in [0.2, 0.25) is 5.91 Å². The van der Waals surface area contributed by atoms with E-state index >= 15 is 0 Å². The monoisotopic (exact) mass is 443 g/mol. The number of benzene rings is 1. The number of ether oxygens (including phenoxy) is 1. The Morgan fingerprint density at radius 1 is 1.16 bits per heavy atom. The van der Waals surface area contributed by atoms with Gasteiger partial charge >= 0.3 is 0 Å². The van der Waals surface area contributed by atoms with Crippen LogP contribution in [0.15, 0.2) is 18.2 Å². The van der Waals surface area contributed by atoms with Crippen molar-refractivity contribution in [1.29, 1.82) is 0 Å². The van der Waals surface area contributed by atoms with Crippen molar-refractivity contribution in [2.45, 2.75) is 84.8 Å². The Kier molecular flexibility index (Phi) is 5.16. The molecule has 1 amide bonds. The Labute approximate surface area is 192 Å². The van der Waals surface area contributed by atoms with Crippen LogP contribution in [-0.4, -0.2) is 30.0 Å². The number of fused-ring (bicyclic) bond motifs is 5. The largest absolute Gasteiger partial charge is 0.490 e. The van der Waals surface area contributed by atoms with E-state index in [0.717, 1.165) is 60.3 Å². The number of nitrogens with zero attached hydrogens (tertiary/aromatic N) is 1. The third-order valence-electron chi connectivity index (χ3n) is 10.1. The number of aryl methyl sites for hydroxylation is 1. The van der Waals surface area contributed by atoms with E-state index in [0.29, 0.717) is 29.2 Å². The van der Waals surface area contributed by atoms with E-state index in [-0.39, 0.29) is 11.5 Å². The molecule has 0 bridgehead atoms. The number of carbonyl (C=O) groups is 1. The van der Waals surface area contributed by atoms with Gasteiger partial charge in [-0.25, -0.2) is 0 Å². The minimum atomic E-state index is 0.268. The molecule has 4 heteroatoms. The standard InChI is InChI=1S/C27H38ClNO2/c1-16-6-7-18(14-22(16)28)31-19-13-21-25-17(2)12-23-27(4,11-9-24(30)29(23)5)20(25)8-10-26(21,3)15-19/h6-7,14,17,19-21,23,25H,8-13,15H2,1-5H3/t17-,19-,20-,21-,23+,25?,26+,27+/m0/s1. The van der Waals surface area contributed by atoms with Crippen molar-refractivity contribution < 1.29 is 9.53 Å². The normalized spacial score (nSPS) is 44.5. The highest BCUT2D eigenvalue weighted by Crippen LogP contribution is 2.66. The number of likely N-dealkylation sites (tertiary alicyclic amines) is 1. The van der Waals surface area contributed by atoms with Crippen LogP contribution in [0.5, 0.6) is 5.75 Å². The summed E-state index contributed by atoms with van der Waals surface area (Å²) < 4.78 is 6.51. The smallest absolute Gasteiger partial charge is 0.222 e. The van der Waals surface area contributed by atoms with E-state index in [1.54, 1.807) is 0 Å². The van der Waals surface area contributed by atoms with E-state index in [4.69, 9.17) is 16.3 Å². The van der Waals surface area contributed by atoms with Crippen molar-refractivity contribution in [2.24, 2.45) is 34.5 Å². The van der Waals surface area contributed by atoms with E-state index in [9.17, 15) is 4.79 Å². The van der Waals surface area contributed by atoms with Crippen molar-refractivity contribution in [1.82, 2.24) is 4.90 Å². The maximum Gasteiger partial charge on any atom is 0.222 e. The van der Waals surface area contributed by atoms with E-state index in [2.05, 4.69) is 44.9 Å². The van der Waals surface area contributed by atoms with Gasteiger partial charge in [-0.05, 0) is 97.6 Å². The van der Waals surface area contributed by atoms with Crippen molar-refractivity contribution >= 4 is 17.5 Å². The third kappa shape index (κ3) is 3.33. The van der Waals surface area contributed by atoms with Gasteiger partial charge in [-0.1, -0.05) is 38.4 Å². The molecule has 0 N–H and O–H groups in total. The fourth-order valence-electron chi connectivity index (χ4n) is 8.39. The lowest BCUT2D eigenvalue weighted by atomic mass is 9.45. The highest BCUT2D eigenvalue weighted by Gasteiger charge is 2.62. The summed E-state index contributed by atoms with van der Waals surface area (Å²) in [5.41, 5.74) is 1.73. The van der Waals surface area contributed by atoms with Crippen molar-refractivity contribution in [3.05, 3.63) is 28.8 Å². The SMILES string of the molecule is Cc1ccc(O[C@H]2C[C@H]3C4[C@@H](C)C[C@H]5N(C)C(=O)CC[C@]5(C)[C@H]4CC[C@]3(C)C2)cc1Cl. The molecule has 4 fully saturated rings. The molecule has 1 unspecified atom stereocenters. The van der Waals surface area contributed by atoms with Crippen LogP contribution in [0.3, 0.4) is 0 Å². The molecule has 0 radical (unpaired) electrons. The molecule has 3 nitrogen and oxygen atoms in total. The van der Waals surface area contributed by atoms with Crippen LogP contribution in [-0.2, 0) is 4.79 Å². The predicted molar refractivity (Wildman–Crippen MR) is 125 cm³/mol. The molecule has 31 heavy (non-hydrogen) atoms. The van der Waals surface area contributed by atoms with Gasteiger partial charge in [-0.15, -0.1) is 0 Å². The molecule has 170 valence electrons. The molecule has 3 aliphatic carbocycles. The number of carbonyl (C=O) groups excluding carboxylic acids is 1. The van der Waals surface area contributed by atoms with Crippen molar-refractivity contribution in [3.63, 3.8) is 0 Å². The van der Waals surface area contributed by atoms with E-state index in [1.165, 1.54) is 12.8 Å². The second kappa shape index (κ2) is 7.40. The Morgan fingerprint density at radius 3 is 2.68 bits per heavy atom. The lowest BCUT2D eigenvalue weighted by Gasteiger charge is -2.63. The summed E-state index contributed by atoms with van der Waals surface area (Å²) in [6.45, 7) is 9.52. The molecule has 4 aliphatic rings. The Balaban J connectivity index is 1.39. The molecule has 3 saturated carbocycles. The number of piperidine rings is 1. The Morgan fingerprint density at radius 2 is 1.94 bits per heavy atom. The molecule has 8 atom stereocenters. The molecule has 1 heterocycles. The fraction of sp³-hybridized carbons (Fsp3) is 0.741. The summed E-state index contributed by atoms with van der Waals surface area (Å²) in [6.07, 6.45) is 8.14. The average Bonchev–Trinajstić information content (AvgIpc) is 3.05. The van der Waals surface area contributed by atoms with Gasteiger partial charge < -0.3 is 9.64 Å². The molecular weight excluding hydrogens is 406 g/mol.